The van der Waals surface area contributed by atoms with E-state index in [1.54, 1.807) is 0 Å². The molecular formula is C11H17F5O5Si. The van der Waals surface area contributed by atoms with Crippen LogP contribution in [-0.2, 0) is 23.5 Å². The van der Waals surface area contributed by atoms with Gasteiger partial charge in [0.25, 0.3) is 0 Å². The Balaban J connectivity index is 6.45. The van der Waals surface area contributed by atoms with Crippen molar-refractivity contribution >= 4 is 20.3 Å². The zero-order valence-electron chi connectivity index (χ0n) is 12.6. The van der Waals surface area contributed by atoms with E-state index in [9.17, 15) is 31.5 Å². The van der Waals surface area contributed by atoms with E-state index in [0.717, 1.165) is 0 Å². The van der Waals surface area contributed by atoms with Gasteiger partial charge in [-0.15, -0.1) is 0 Å². The molecule has 0 spiro atoms. The number of methoxy groups -OCH3 is 1. The Bertz CT molecular complexity index is 432. The van der Waals surface area contributed by atoms with Crippen LogP contribution < -0.4 is 0 Å². The lowest BCUT2D eigenvalue weighted by Gasteiger charge is -2.39. The Labute approximate surface area is 124 Å². The summed E-state index contributed by atoms with van der Waals surface area (Å²) in [6.07, 6.45) is -6.23. The lowest BCUT2D eigenvalue weighted by atomic mass is 9.95. The quantitative estimate of drug-likeness (QED) is 0.318. The van der Waals surface area contributed by atoms with Crippen molar-refractivity contribution in [1.29, 1.82) is 0 Å². The highest BCUT2D eigenvalue weighted by Gasteiger charge is 2.80. The first-order valence-electron chi connectivity index (χ1n) is 6.07. The molecule has 0 amide bonds. The van der Waals surface area contributed by atoms with Crippen molar-refractivity contribution in [3.63, 3.8) is 0 Å². The van der Waals surface area contributed by atoms with Crippen molar-refractivity contribution < 1.29 is 45.4 Å². The number of halogens is 5. The Morgan fingerprint density at radius 1 is 1.00 bits per heavy atom. The van der Waals surface area contributed by atoms with E-state index >= 15 is 0 Å². The van der Waals surface area contributed by atoms with Crippen LogP contribution in [0.5, 0.6) is 0 Å². The molecule has 0 aliphatic rings. The van der Waals surface area contributed by atoms with Gasteiger partial charge in [-0.05, 0) is 26.6 Å². The monoisotopic (exact) mass is 352 g/mol. The fraction of sp³-hybridized carbons (Fsp3) is 0.818. The van der Waals surface area contributed by atoms with Crippen LogP contribution in [0.1, 0.15) is 6.92 Å². The SMILES string of the molecule is CCOC(=O)C(O[Si](C)(C)C)(C(=O)OC)C(F)(F)C(F)(F)F. The molecule has 130 valence electrons. The Morgan fingerprint density at radius 3 is 1.73 bits per heavy atom. The van der Waals surface area contributed by atoms with Gasteiger partial charge in [0.05, 0.1) is 13.7 Å². The third-order valence-corrected chi connectivity index (χ3v) is 3.21. The van der Waals surface area contributed by atoms with Crippen molar-refractivity contribution in [2.24, 2.45) is 0 Å². The molecule has 0 heterocycles. The third kappa shape index (κ3) is 3.75. The van der Waals surface area contributed by atoms with Crippen LogP contribution in [0.25, 0.3) is 0 Å². The van der Waals surface area contributed by atoms with Gasteiger partial charge in [-0.2, -0.15) is 22.0 Å². The molecule has 1 atom stereocenters. The molecule has 0 saturated heterocycles. The van der Waals surface area contributed by atoms with Crippen LogP contribution >= 0.6 is 0 Å². The molecule has 0 aromatic rings. The van der Waals surface area contributed by atoms with E-state index in [4.69, 9.17) is 4.43 Å². The normalized spacial score (nSPS) is 15.9. The number of hydrogen-bond donors (Lipinski definition) is 0. The maximum absolute atomic E-state index is 14.0. The first-order valence-corrected chi connectivity index (χ1v) is 9.48. The van der Waals surface area contributed by atoms with Crippen LogP contribution in [0.4, 0.5) is 22.0 Å². The summed E-state index contributed by atoms with van der Waals surface area (Å²) in [5, 5.41) is 0. The van der Waals surface area contributed by atoms with Gasteiger partial charge in [0.15, 0.2) is 8.32 Å². The lowest BCUT2D eigenvalue weighted by Crippen LogP contribution is -2.70. The number of rotatable bonds is 6. The molecule has 0 rings (SSSR count). The smallest absolute Gasteiger partial charge is 0.457 e. The summed E-state index contributed by atoms with van der Waals surface area (Å²) in [5.41, 5.74) is -4.24. The fourth-order valence-corrected chi connectivity index (χ4v) is 2.74. The number of alkyl halides is 5. The maximum atomic E-state index is 14.0. The van der Waals surface area contributed by atoms with Crippen LogP contribution in [0, 0.1) is 0 Å². The molecular weight excluding hydrogens is 335 g/mol. The van der Waals surface area contributed by atoms with E-state index in [-0.39, 0.29) is 0 Å². The molecule has 1 unspecified atom stereocenters. The highest BCUT2D eigenvalue weighted by atomic mass is 28.4. The van der Waals surface area contributed by atoms with E-state index in [1.807, 2.05) is 0 Å². The second-order valence-corrected chi connectivity index (χ2v) is 9.61. The summed E-state index contributed by atoms with van der Waals surface area (Å²) in [6.45, 7) is 4.35. The molecule has 0 saturated carbocycles. The van der Waals surface area contributed by atoms with Crippen molar-refractivity contribution in [2.75, 3.05) is 13.7 Å². The second kappa shape index (κ2) is 6.48. The van der Waals surface area contributed by atoms with Gasteiger partial charge >= 0.3 is 29.6 Å². The number of carbonyl (C=O) groups excluding carboxylic acids is 2. The lowest BCUT2D eigenvalue weighted by molar-refractivity contribution is -0.329. The molecule has 0 aliphatic carbocycles. The van der Waals surface area contributed by atoms with Crippen molar-refractivity contribution in [1.82, 2.24) is 0 Å². The van der Waals surface area contributed by atoms with E-state index in [0.29, 0.717) is 7.11 Å². The molecule has 0 bridgehead atoms. The van der Waals surface area contributed by atoms with Crippen LogP contribution in [0.2, 0.25) is 19.6 Å². The van der Waals surface area contributed by atoms with Gasteiger partial charge in [-0.1, -0.05) is 0 Å². The number of esters is 2. The van der Waals surface area contributed by atoms with Crippen LogP contribution in [0.15, 0.2) is 0 Å². The van der Waals surface area contributed by atoms with Gasteiger partial charge in [0, 0.05) is 0 Å². The molecule has 0 fully saturated rings. The standard InChI is InChI=1S/C11H17F5O5Si/c1-6-20-8(18)9(7(17)19-2,21-22(3,4)5)10(12,13)11(14,15)16/h6H2,1-5H3. The number of hydrogen-bond acceptors (Lipinski definition) is 5. The van der Waals surface area contributed by atoms with Crippen LogP contribution in [0.3, 0.4) is 0 Å². The highest BCUT2D eigenvalue weighted by Crippen LogP contribution is 2.47. The largest absolute Gasteiger partial charge is 0.466 e. The molecule has 0 aliphatic heterocycles. The molecule has 22 heavy (non-hydrogen) atoms. The molecule has 5 nitrogen and oxygen atoms in total. The van der Waals surface area contributed by atoms with Gasteiger partial charge in [-0.3, -0.25) is 0 Å². The average Bonchev–Trinajstić information content (AvgIpc) is 2.32. The fourth-order valence-electron chi connectivity index (χ4n) is 1.52. The molecule has 0 N–H and O–H groups in total. The zero-order valence-corrected chi connectivity index (χ0v) is 13.6. The number of ether oxygens (including phenoxy) is 2. The summed E-state index contributed by atoms with van der Waals surface area (Å²) in [5.74, 6) is -10.2. The summed E-state index contributed by atoms with van der Waals surface area (Å²) in [7, 11) is -2.67. The van der Waals surface area contributed by atoms with Gasteiger partial charge in [0.1, 0.15) is 0 Å². The molecule has 11 heteroatoms. The Kier molecular flexibility index (Phi) is 6.12. The predicted octanol–water partition coefficient (Wildman–Crippen LogP) is 2.51. The first-order chi connectivity index (χ1) is 9.67. The summed E-state index contributed by atoms with van der Waals surface area (Å²) >= 11 is 0. The Morgan fingerprint density at radius 2 is 1.45 bits per heavy atom. The van der Waals surface area contributed by atoms with Gasteiger partial charge in [0.2, 0.25) is 0 Å². The minimum absolute atomic E-state index is 0.527. The Hall–Kier alpha value is -1.23. The summed E-state index contributed by atoms with van der Waals surface area (Å²) in [6, 6.07) is 0. The maximum Gasteiger partial charge on any atom is 0.457 e. The van der Waals surface area contributed by atoms with Gasteiger partial charge < -0.3 is 13.9 Å². The minimum atomic E-state index is -6.23. The average molecular weight is 352 g/mol. The zero-order chi connectivity index (χ0) is 18.0. The predicted molar refractivity (Wildman–Crippen MR) is 66.8 cm³/mol. The molecule has 0 aromatic carbocycles. The minimum Gasteiger partial charge on any atom is -0.466 e. The van der Waals surface area contributed by atoms with Crippen molar-refractivity contribution in [2.45, 2.75) is 44.3 Å². The van der Waals surface area contributed by atoms with Crippen molar-refractivity contribution in [3.8, 4) is 0 Å². The van der Waals surface area contributed by atoms with E-state index < -0.39 is 44.6 Å². The summed E-state index contributed by atoms with van der Waals surface area (Å²) < 4.78 is 79.2. The summed E-state index contributed by atoms with van der Waals surface area (Å²) in [4.78, 5) is 23.5. The van der Waals surface area contributed by atoms with E-state index in [1.165, 1.54) is 26.6 Å². The van der Waals surface area contributed by atoms with E-state index in [2.05, 4.69) is 9.47 Å². The van der Waals surface area contributed by atoms with Crippen LogP contribution in [-0.4, -0.2) is 51.7 Å². The third-order valence-electron chi connectivity index (χ3n) is 2.29. The van der Waals surface area contributed by atoms with Crippen molar-refractivity contribution in [3.05, 3.63) is 0 Å². The topological polar surface area (TPSA) is 61.8 Å². The highest BCUT2D eigenvalue weighted by molar-refractivity contribution is 6.70. The van der Waals surface area contributed by atoms with Gasteiger partial charge in [-0.25, -0.2) is 9.59 Å². The number of carbonyl (C=O) groups is 2. The molecule has 0 radical (unpaired) electrons. The molecule has 0 aromatic heterocycles. The first kappa shape index (κ1) is 20.8. The second-order valence-electron chi connectivity index (χ2n) is 5.18.